The lowest BCUT2D eigenvalue weighted by molar-refractivity contribution is -0.121. The summed E-state index contributed by atoms with van der Waals surface area (Å²) >= 11 is 0. The van der Waals surface area contributed by atoms with Crippen molar-refractivity contribution in [1.29, 1.82) is 0 Å². The van der Waals surface area contributed by atoms with Crippen LogP contribution in [0.25, 0.3) is 0 Å². The highest BCUT2D eigenvalue weighted by Crippen LogP contribution is 2.31. The highest BCUT2D eigenvalue weighted by atomic mass is 32.2. The summed E-state index contributed by atoms with van der Waals surface area (Å²) in [5.41, 5.74) is 2.93. The minimum Gasteiger partial charge on any atom is -0.311 e. The van der Waals surface area contributed by atoms with E-state index in [1.807, 2.05) is 22.9 Å². The molecule has 1 N–H and O–H groups in total. The molecular weight excluding hydrogens is 448 g/mol. The third-order valence-electron chi connectivity index (χ3n) is 6.90. The van der Waals surface area contributed by atoms with Crippen molar-refractivity contribution in [1.82, 2.24) is 14.1 Å². The predicted molar refractivity (Wildman–Crippen MR) is 135 cm³/mol. The van der Waals surface area contributed by atoms with Gasteiger partial charge < -0.3 is 5.32 Å². The summed E-state index contributed by atoms with van der Waals surface area (Å²) in [5, 5.41) is 7.85. The van der Waals surface area contributed by atoms with Gasteiger partial charge >= 0.3 is 0 Å². The van der Waals surface area contributed by atoms with Crippen LogP contribution in [0, 0.1) is 5.92 Å². The summed E-state index contributed by atoms with van der Waals surface area (Å²) in [5.74, 6) is 0.393. The van der Waals surface area contributed by atoms with Gasteiger partial charge in [0.25, 0.3) is 0 Å². The van der Waals surface area contributed by atoms with E-state index in [1.54, 1.807) is 6.07 Å². The van der Waals surface area contributed by atoms with Crippen LogP contribution in [-0.2, 0) is 38.6 Å². The predicted octanol–water partition coefficient (Wildman–Crippen LogP) is 4.46. The number of rotatable bonds is 4. The zero-order valence-electron chi connectivity index (χ0n) is 21.3. The number of nitrogens with zero attached hydrogens (tertiary/aromatic N) is 3. The fourth-order valence-electron chi connectivity index (χ4n) is 4.79. The minimum absolute atomic E-state index is 0.0690. The Morgan fingerprint density at radius 2 is 1.65 bits per heavy atom. The van der Waals surface area contributed by atoms with E-state index < -0.39 is 10.0 Å². The lowest BCUT2D eigenvalue weighted by atomic mass is 9.92. The van der Waals surface area contributed by atoms with E-state index in [9.17, 15) is 13.2 Å². The topological polar surface area (TPSA) is 84.3 Å². The van der Waals surface area contributed by atoms with Gasteiger partial charge in [0.15, 0.2) is 0 Å². The van der Waals surface area contributed by atoms with Crippen LogP contribution in [0.3, 0.4) is 0 Å². The number of fused-ring (bicyclic) bond motifs is 1. The number of aryl methyl sites for hydroxylation is 2. The van der Waals surface area contributed by atoms with Crippen LogP contribution < -0.4 is 5.32 Å². The first-order chi connectivity index (χ1) is 15.8. The Morgan fingerprint density at radius 1 is 1.00 bits per heavy atom. The van der Waals surface area contributed by atoms with Crippen molar-refractivity contribution in [2.24, 2.45) is 5.92 Å². The van der Waals surface area contributed by atoms with E-state index in [0.717, 1.165) is 30.5 Å². The van der Waals surface area contributed by atoms with Gasteiger partial charge in [0.2, 0.25) is 15.9 Å². The lowest BCUT2D eigenvalue weighted by Gasteiger charge is -2.31. The molecule has 2 heterocycles. The first-order valence-electron chi connectivity index (χ1n) is 12.3. The number of nitrogens with one attached hydrogen (secondary N) is 1. The quantitative estimate of drug-likeness (QED) is 0.691. The highest BCUT2D eigenvalue weighted by Gasteiger charge is 2.34. The minimum atomic E-state index is -3.54. The van der Waals surface area contributed by atoms with Gasteiger partial charge in [-0.1, -0.05) is 26.8 Å². The van der Waals surface area contributed by atoms with E-state index in [1.165, 1.54) is 9.87 Å². The summed E-state index contributed by atoms with van der Waals surface area (Å²) in [6.45, 7) is 13.2. The maximum absolute atomic E-state index is 13.2. The maximum Gasteiger partial charge on any atom is 0.243 e. The smallest absolute Gasteiger partial charge is 0.243 e. The summed E-state index contributed by atoms with van der Waals surface area (Å²) < 4.78 is 29.8. The molecule has 0 radical (unpaired) electrons. The normalized spacial score (nSPS) is 18.2. The third-order valence-corrected chi connectivity index (χ3v) is 8.79. The fraction of sp³-hybridized carbons (Fsp3) is 0.615. The summed E-state index contributed by atoms with van der Waals surface area (Å²) in [7, 11) is -3.54. The maximum atomic E-state index is 13.2. The van der Waals surface area contributed by atoms with E-state index in [0.29, 0.717) is 36.6 Å². The molecule has 1 amide bonds. The molecule has 7 nitrogen and oxygen atoms in total. The van der Waals surface area contributed by atoms with Gasteiger partial charge in [-0.15, -0.1) is 0 Å². The summed E-state index contributed by atoms with van der Waals surface area (Å²) in [4.78, 5) is 13.5. The fourth-order valence-corrected chi connectivity index (χ4v) is 6.31. The zero-order valence-corrected chi connectivity index (χ0v) is 22.1. The molecule has 0 bridgehead atoms. The molecule has 1 fully saturated rings. The number of sulfonamides is 1. The molecule has 2 aromatic rings. The van der Waals surface area contributed by atoms with E-state index in [-0.39, 0.29) is 22.8 Å². The molecule has 0 spiro atoms. The van der Waals surface area contributed by atoms with Gasteiger partial charge in [-0.05, 0) is 76.1 Å². The van der Waals surface area contributed by atoms with E-state index >= 15 is 0 Å². The number of aromatic nitrogens is 2. The van der Waals surface area contributed by atoms with Crippen LogP contribution >= 0.6 is 0 Å². The Bertz CT molecular complexity index is 1180. The molecule has 0 unspecified atom stereocenters. The number of amides is 1. The van der Waals surface area contributed by atoms with E-state index in [4.69, 9.17) is 5.10 Å². The first-order valence-corrected chi connectivity index (χ1v) is 13.7. The SMILES string of the molecule is CC(C)(C)c1cc(NC(=O)C2CCN(S(=O)(=O)c3ccc4c(c3)CCC4)CC2)n(C(C)(C)C)n1. The summed E-state index contributed by atoms with van der Waals surface area (Å²) in [6, 6.07) is 7.49. The molecule has 1 aliphatic heterocycles. The third kappa shape index (κ3) is 4.93. The van der Waals surface area contributed by atoms with Crippen LogP contribution in [-0.4, -0.2) is 41.5 Å². The van der Waals surface area contributed by atoms with Crippen LogP contribution in [0.1, 0.15) is 77.6 Å². The van der Waals surface area contributed by atoms with Crippen molar-refractivity contribution < 1.29 is 13.2 Å². The van der Waals surface area contributed by atoms with E-state index in [2.05, 4.69) is 46.9 Å². The molecule has 1 saturated heterocycles. The standard InChI is InChI=1S/C26H38N4O3S/c1-25(2,3)22-17-23(30(28-22)26(4,5)6)27-24(31)19-12-14-29(15-13-19)34(32,33)21-11-10-18-8-7-9-20(18)16-21/h10-11,16-17,19H,7-9,12-15H2,1-6H3,(H,27,31). The number of carbonyl (C=O) groups excluding carboxylic acids is 1. The molecular formula is C26H38N4O3S. The van der Waals surface area contributed by atoms with Crippen molar-refractivity contribution in [2.45, 2.75) is 89.5 Å². The molecule has 0 saturated carbocycles. The molecule has 8 heteroatoms. The molecule has 1 aromatic heterocycles. The Morgan fingerprint density at radius 3 is 2.26 bits per heavy atom. The molecule has 2 aliphatic rings. The van der Waals surface area contributed by atoms with Crippen LogP contribution in [0.2, 0.25) is 0 Å². The molecule has 186 valence electrons. The van der Waals surface area contributed by atoms with Crippen LogP contribution in [0.4, 0.5) is 5.82 Å². The second-order valence-corrected chi connectivity index (χ2v) is 13.6. The van der Waals surface area contributed by atoms with Crippen molar-refractivity contribution in [3.05, 3.63) is 41.1 Å². The molecule has 4 rings (SSSR count). The number of hydrogen-bond acceptors (Lipinski definition) is 4. The first kappa shape index (κ1) is 24.9. The molecule has 1 aromatic carbocycles. The van der Waals surface area contributed by atoms with Crippen LogP contribution in [0.5, 0.6) is 0 Å². The number of benzene rings is 1. The summed E-state index contributed by atoms with van der Waals surface area (Å²) in [6.07, 6.45) is 4.08. The largest absolute Gasteiger partial charge is 0.311 e. The second kappa shape index (κ2) is 8.79. The Kier molecular flexibility index (Phi) is 6.44. The van der Waals surface area contributed by atoms with Crippen molar-refractivity contribution in [3.8, 4) is 0 Å². The van der Waals surface area contributed by atoms with Crippen molar-refractivity contribution in [3.63, 3.8) is 0 Å². The lowest BCUT2D eigenvalue weighted by Crippen LogP contribution is -2.41. The Labute approximate surface area is 204 Å². The average molecular weight is 487 g/mol. The monoisotopic (exact) mass is 486 g/mol. The van der Waals surface area contributed by atoms with Gasteiger partial charge in [0, 0.05) is 30.5 Å². The van der Waals surface area contributed by atoms with Gasteiger partial charge in [0.1, 0.15) is 5.82 Å². The van der Waals surface area contributed by atoms with Gasteiger partial charge in [-0.3, -0.25) is 4.79 Å². The number of carbonyl (C=O) groups is 1. The highest BCUT2D eigenvalue weighted by molar-refractivity contribution is 7.89. The number of piperidine rings is 1. The zero-order chi connectivity index (χ0) is 24.9. The molecule has 1 aliphatic carbocycles. The van der Waals surface area contributed by atoms with Crippen LogP contribution in [0.15, 0.2) is 29.2 Å². The number of hydrogen-bond donors (Lipinski definition) is 1. The Hall–Kier alpha value is -2.19. The van der Waals surface area contributed by atoms with Crippen molar-refractivity contribution >= 4 is 21.7 Å². The molecule has 0 atom stereocenters. The van der Waals surface area contributed by atoms with Gasteiger partial charge in [-0.2, -0.15) is 9.40 Å². The Balaban J connectivity index is 1.44. The average Bonchev–Trinajstić information content (AvgIpc) is 3.40. The molecule has 34 heavy (non-hydrogen) atoms. The van der Waals surface area contributed by atoms with Gasteiger partial charge in [0.05, 0.1) is 16.1 Å². The van der Waals surface area contributed by atoms with Gasteiger partial charge in [-0.25, -0.2) is 13.1 Å². The van der Waals surface area contributed by atoms with Crippen molar-refractivity contribution in [2.75, 3.05) is 18.4 Å². The number of anilines is 1. The second-order valence-electron chi connectivity index (χ2n) is 11.7.